The number of rotatable bonds is 5. The van der Waals surface area contributed by atoms with Crippen LogP contribution in [-0.4, -0.2) is 29.4 Å². The van der Waals surface area contributed by atoms with E-state index in [0.717, 1.165) is 0 Å². The quantitative estimate of drug-likeness (QED) is 0.635. The highest BCUT2D eigenvalue weighted by molar-refractivity contribution is 9.10. The van der Waals surface area contributed by atoms with Crippen LogP contribution in [0.3, 0.4) is 0 Å². The molecule has 1 aromatic heterocycles. The highest BCUT2D eigenvalue weighted by atomic mass is 79.9. The summed E-state index contributed by atoms with van der Waals surface area (Å²) in [6, 6.07) is 1.36. The van der Waals surface area contributed by atoms with Gasteiger partial charge in [0, 0.05) is 19.7 Å². The Morgan fingerprint density at radius 3 is 2.68 bits per heavy atom. The van der Waals surface area contributed by atoms with Crippen molar-refractivity contribution in [1.29, 1.82) is 0 Å². The average molecular weight is 331 g/mol. The van der Waals surface area contributed by atoms with E-state index < -0.39 is 10.3 Å². The molecule has 0 spiro atoms. The van der Waals surface area contributed by atoms with Gasteiger partial charge in [-0.25, -0.2) is 4.98 Å². The smallest absolute Gasteiger partial charge is 0.288 e. The number of nitrogens with one attached hydrogen (secondary N) is 2. The van der Waals surface area contributed by atoms with E-state index >= 15 is 0 Å². The van der Waals surface area contributed by atoms with Gasteiger partial charge in [0.2, 0.25) is 5.91 Å². The summed E-state index contributed by atoms with van der Waals surface area (Å²) in [5.41, 5.74) is -0.708. The fourth-order valence-corrected chi connectivity index (χ4v) is 1.86. The molecule has 0 saturated heterocycles. The summed E-state index contributed by atoms with van der Waals surface area (Å²) >= 11 is 3.21. The first kappa shape index (κ1) is 15.4. The number of hydrogen-bond acceptors (Lipinski definition) is 5. The standard InChI is InChI=1S/C11H15BrN4O3/c1-11(2,10(17)13-3)6-15-9-8(12)4-7(5-14-9)16(18)19/h4-5H,6H2,1-3H3,(H,13,17)(H,14,15). The number of pyridine rings is 1. The summed E-state index contributed by atoms with van der Waals surface area (Å²) in [5.74, 6) is 0.362. The predicted octanol–water partition coefficient (Wildman–Crippen LogP) is 1.94. The van der Waals surface area contributed by atoms with E-state index in [1.165, 1.54) is 12.3 Å². The molecule has 1 heterocycles. The van der Waals surface area contributed by atoms with Crippen molar-refractivity contribution in [3.8, 4) is 0 Å². The molecule has 0 aliphatic heterocycles. The zero-order valence-corrected chi connectivity index (χ0v) is 12.4. The lowest BCUT2D eigenvalue weighted by Gasteiger charge is -2.23. The van der Waals surface area contributed by atoms with Crippen molar-refractivity contribution < 1.29 is 9.72 Å². The van der Waals surface area contributed by atoms with Gasteiger partial charge in [-0.05, 0) is 29.8 Å². The molecule has 0 radical (unpaired) electrons. The van der Waals surface area contributed by atoms with Gasteiger partial charge in [-0.3, -0.25) is 14.9 Å². The Bertz CT molecular complexity index is 505. The summed E-state index contributed by atoms with van der Waals surface area (Å²) in [7, 11) is 1.57. The lowest BCUT2D eigenvalue weighted by atomic mass is 9.92. The maximum absolute atomic E-state index is 11.6. The number of halogens is 1. The zero-order chi connectivity index (χ0) is 14.6. The second-order valence-electron chi connectivity index (χ2n) is 4.60. The van der Waals surface area contributed by atoms with Crippen LogP contribution in [0.4, 0.5) is 11.5 Å². The van der Waals surface area contributed by atoms with Gasteiger partial charge in [0.1, 0.15) is 12.0 Å². The minimum Gasteiger partial charge on any atom is -0.368 e. The number of anilines is 1. The number of carbonyl (C=O) groups excluding carboxylic acids is 1. The Labute approximate surface area is 119 Å². The fourth-order valence-electron chi connectivity index (χ4n) is 1.38. The summed E-state index contributed by atoms with van der Waals surface area (Å²) in [5, 5.41) is 16.2. The Morgan fingerprint density at radius 1 is 1.58 bits per heavy atom. The third-order valence-electron chi connectivity index (χ3n) is 2.58. The monoisotopic (exact) mass is 330 g/mol. The second-order valence-corrected chi connectivity index (χ2v) is 5.45. The van der Waals surface area contributed by atoms with Gasteiger partial charge in [0.25, 0.3) is 5.69 Å². The average Bonchev–Trinajstić information content (AvgIpc) is 2.36. The maximum atomic E-state index is 11.6. The van der Waals surface area contributed by atoms with Gasteiger partial charge in [-0.15, -0.1) is 0 Å². The topological polar surface area (TPSA) is 97.2 Å². The Kier molecular flexibility index (Phi) is 4.82. The van der Waals surface area contributed by atoms with Crippen LogP contribution in [0, 0.1) is 15.5 Å². The van der Waals surface area contributed by atoms with Gasteiger partial charge in [0.05, 0.1) is 14.8 Å². The van der Waals surface area contributed by atoms with E-state index in [1.54, 1.807) is 20.9 Å². The van der Waals surface area contributed by atoms with E-state index in [9.17, 15) is 14.9 Å². The van der Waals surface area contributed by atoms with Crippen LogP contribution in [-0.2, 0) is 4.79 Å². The number of hydrogen-bond donors (Lipinski definition) is 2. The largest absolute Gasteiger partial charge is 0.368 e. The first-order chi connectivity index (χ1) is 8.77. The van der Waals surface area contributed by atoms with Crippen molar-refractivity contribution >= 4 is 33.3 Å². The van der Waals surface area contributed by atoms with Gasteiger partial charge in [-0.1, -0.05) is 0 Å². The van der Waals surface area contributed by atoms with Crippen LogP contribution in [0.5, 0.6) is 0 Å². The molecule has 2 N–H and O–H groups in total. The molecule has 0 unspecified atom stereocenters. The molecule has 104 valence electrons. The molecule has 0 bridgehead atoms. The number of aromatic nitrogens is 1. The van der Waals surface area contributed by atoms with Crippen molar-refractivity contribution in [2.45, 2.75) is 13.8 Å². The Morgan fingerprint density at radius 2 is 2.21 bits per heavy atom. The van der Waals surface area contributed by atoms with Crippen LogP contribution in [0.25, 0.3) is 0 Å². The van der Waals surface area contributed by atoms with Crippen molar-refractivity contribution in [1.82, 2.24) is 10.3 Å². The summed E-state index contributed by atoms with van der Waals surface area (Å²) in [6.07, 6.45) is 1.17. The maximum Gasteiger partial charge on any atom is 0.288 e. The normalized spacial score (nSPS) is 10.9. The van der Waals surface area contributed by atoms with E-state index in [4.69, 9.17) is 0 Å². The van der Waals surface area contributed by atoms with Crippen LogP contribution >= 0.6 is 15.9 Å². The van der Waals surface area contributed by atoms with Crippen molar-refractivity contribution in [2.24, 2.45) is 5.41 Å². The lowest BCUT2D eigenvalue weighted by molar-refractivity contribution is -0.385. The molecule has 0 fully saturated rings. The van der Waals surface area contributed by atoms with Crippen molar-refractivity contribution in [3.63, 3.8) is 0 Å². The van der Waals surface area contributed by atoms with Gasteiger partial charge in [-0.2, -0.15) is 0 Å². The molecule has 0 saturated carbocycles. The molecule has 1 amide bonds. The zero-order valence-electron chi connectivity index (χ0n) is 10.9. The number of amides is 1. The van der Waals surface area contributed by atoms with Crippen LogP contribution in [0.2, 0.25) is 0 Å². The fraction of sp³-hybridized carbons (Fsp3) is 0.455. The number of nitro groups is 1. The first-order valence-corrected chi connectivity index (χ1v) is 6.33. The summed E-state index contributed by atoms with van der Waals surface area (Å²) < 4.78 is 0.481. The molecule has 19 heavy (non-hydrogen) atoms. The van der Waals surface area contributed by atoms with Crippen LogP contribution in [0.15, 0.2) is 16.7 Å². The van der Waals surface area contributed by atoms with Crippen LogP contribution in [0.1, 0.15) is 13.8 Å². The molecule has 0 aliphatic rings. The summed E-state index contributed by atoms with van der Waals surface area (Å²) in [6.45, 7) is 3.94. The second kappa shape index (κ2) is 5.96. The lowest BCUT2D eigenvalue weighted by Crippen LogP contribution is -2.39. The van der Waals surface area contributed by atoms with Crippen LogP contribution < -0.4 is 10.6 Å². The molecule has 0 atom stereocenters. The molecule has 0 aliphatic carbocycles. The molecule has 1 rings (SSSR count). The SMILES string of the molecule is CNC(=O)C(C)(C)CNc1ncc([N+](=O)[O-])cc1Br. The van der Waals surface area contributed by atoms with Crippen molar-refractivity contribution in [3.05, 3.63) is 26.9 Å². The molecular formula is C11H15BrN4O3. The van der Waals surface area contributed by atoms with Gasteiger partial charge < -0.3 is 10.6 Å². The summed E-state index contributed by atoms with van der Waals surface area (Å²) in [4.78, 5) is 25.6. The molecule has 8 heteroatoms. The van der Waals surface area contributed by atoms with Gasteiger partial charge >= 0.3 is 0 Å². The van der Waals surface area contributed by atoms with E-state index in [0.29, 0.717) is 16.8 Å². The minimum absolute atomic E-state index is 0.0945. The third-order valence-corrected chi connectivity index (χ3v) is 3.18. The highest BCUT2D eigenvalue weighted by Crippen LogP contribution is 2.25. The molecule has 0 aromatic carbocycles. The molecular weight excluding hydrogens is 316 g/mol. The van der Waals surface area contributed by atoms with Gasteiger partial charge in [0.15, 0.2) is 0 Å². The highest BCUT2D eigenvalue weighted by Gasteiger charge is 2.26. The third kappa shape index (κ3) is 3.88. The predicted molar refractivity (Wildman–Crippen MR) is 74.9 cm³/mol. The minimum atomic E-state index is -0.613. The Balaban J connectivity index is 2.79. The molecule has 1 aromatic rings. The molecule has 7 nitrogen and oxygen atoms in total. The van der Waals surface area contributed by atoms with Crippen molar-refractivity contribution in [2.75, 3.05) is 18.9 Å². The van der Waals surface area contributed by atoms with E-state index in [-0.39, 0.29) is 11.6 Å². The number of nitrogens with zero attached hydrogens (tertiary/aromatic N) is 2. The Hall–Kier alpha value is -1.70. The first-order valence-electron chi connectivity index (χ1n) is 5.54. The van der Waals surface area contributed by atoms with E-state index in [1.807, 2.05) is 0 Å². The number of carbonyl (C=O) groups is 1. The van der Waals surface area contributed by atoms with E-state index in [2.05, 4.69) is 31.5 Å².